The number of esters is 1. The van der Waals surface area contributed by atoms with E-state index in [0.717, 1.165) is 5.56 Å². The number of carbonyl (C=O) groups excluding carboxylic acids is 4. The molecule has 1 atom stereocenters. The Balaban J connectivity index is 1.70. The van der Waals surface area contributed by atoms with Crippen LogP contribution in [0.3, 0.4) is 0 Å². The first-order valence-corrected chi connectivity index (χ1v) is 15.4. The summed E-state index contributed by atoms with van der Waals surface area (Å²) in [4.78, 5) is 50.8. The van der Waals surface area contributed by atoms with Crippen molar-refractivity contribution in [2.75, 3.05) is 25.6 Å². The fourth-order valence-electron chi connectivity index (χ4n) is 4.67. The maximum Gasteiger partial charge on any atom is 0.338 e. The monoisotopic (exact) mass is 659 g/mol. The zero-order chi connectivity index (χ0) is 34.1. The number of halogens is 1. The third kappa shape index (κ3) is 9.84. The van der Waals surface area contributed by atoms with Gasteiger partial charge in [0.2, 0.25) is 11.8 Å². The Labute approximate surface area is 279 Å². The van der Waals surface area contributed by atoms with Crippen LogP contribution in [-0.4, -0.2) is 72.9 Å². The summed E-state index contributed by atoms with van der Waals surface area (Å²) in [6.07, 6.45) is 1.74. The van der Waals surface area contributed by atoms with Crippen molar-refractivity contribution in [3.05, 3.63) is 106 Å². The highest BCUT2D eigenvalue weighted by Crippen LogP contribution is 2.28. The molecule has 1 fully saturated rings. The number of Topliss-reactive ketones (excluding diaryl/α,β-unsaturated/α-hetero) is 1. The van der Waals surface area contributed by atoms with Crippen LogP contribution in [-0.2, 0) is 30.2 Å². The van der Waals surface area contributed by atoms with Gasteiger partial charge in [0, 0.05) is 35.3 Å². The minimum atomic E-state index is -0.858. The lowest BCUT2D eigenvalue weighted by molar-refractivity contribution is -0.121. The zero-order valence-corrected chi connectivity index (χ0v) is 27.7. The Morgan fingerprint density at radius 2 is 1.72 bits per heavy atom. The number of nitrogens with one attached hydrogen (secondary N) is 1. The first kappa shape index (κ1) is 35.1. The van der Waals surface area contributed by atoms with Gasteiger partial charge in [0.15, 0.2) is 5.78 Å². The summed E-state index contributed by atoms with van der Waals surface area (Å²) in [5.41, 5.74) is 1.95. The lowest BCUT2D eigenvalue weighted by Crippen LogP contribution is -2.43. The second kappa shape index (κ2) is 15.7. The minimum absolute atomic E-state index is 0.0187. The van der Waals surface area contributed by atoms with Crippen LogP contribution < -0.4 is 5.32 Å². The SMILES string of the molecule is CC(=O)c1ccc(Cl)cc1C(=C/C=O)/C(=N\N(C)C(Cc1ccccc1)C(=O)Nc1ccc(C(=O)OC(C)(C)C)cc1)OC1COC1. The van der Waals surface area contributed by atoms with Crippen LogP contribution in [0.25, 0.3) is 5.57 Å². The van der Waals surface area contributed by atoms with Crippen molar-refractivity contribution in [1.29, 1.82) is 0 Å². The average molecular weight is 660 g/mol. The van der Waals surface area contributed by atoms with E-state index in [9.17, 15) is 19.2 Å². The Morgan fingerprint density at radius 1 is 1.04 bits per heavy atom. The second-order valence-corrected chi connectivity index (χ2v) is 12.4. The van der Waals surface area contributed by atoms with E-state index >= 15 is 0 Å². The van der Waals surface area contributed by atoms with Crippen molar-refractivity contribution in [2.45, 2.75) is 51.9 Å². The lowest BCUT2D eigenvalue weighted by atomic mass is 9.96. The van der Waals surface area contributed by atoms with Crippen LogP contribution in [0.4, 0.5) is 5.69 Å². The van der Waals surface area contributed by atoms with Crippen molar-refractivity contribution >= 4 is 52.7 Å². The van der Waals surface area contributed by atoms with E-state index in [4.69, 9.17) is 30.9 Å². The highest BCUT2D eigenvalue weighted by atomic mass is 35.5. The van der Waals surface area contributed by atoms with Gasteiger partial charge in [0.25, 0.3) is 0 Å². The van der Waals surface area contributed by atoms with Gasteiger partial charge in [-0.1, -0.05) is 41.9 Å². The van der Waals surface area contributed by atoms with Gasteiger partial charge in [-0.25, -0.2) is 4.79 Å². The summed E-state index contributed by atoms with van der Waals surface area (Å²) in [5, 5.41) is 9.45. The van der Waals surface area contributed by atoms with E-state index in [-0.39, 0.29) is 35.7 Å². The topological polar surface area (TPSA) is 124 Å². The van der Waals surface area contributed by atoms with Gasteiger partial charge >= 0.3 is 5.97 Å². The summed E-state index contributed by atoms with van der Waals surface area (Å²) >= 11 is 6.32. The summed E-state index contributed by atoms with van der Waals surface area (Å²) in [6.45, 7) is 7.39. The molecule has 0 bridgehead atoms. The zero-order valence-electron chi connectivity index (χ0n) is 27.0. The molecule has 0 aromatic heterocycles. The van der Waals surface area contributed by atoms with E-state index in [0.29, 0.717) is 46.9 Å². The number of benzene rings is 3. The minimum Gasteiger partial charge on any atom is -0.468 e. The molecule has 1 amide bonds. The molecule has 1 unspecified atom stereocenters. The summed E-state index contributed by atoms with van der Waals surface area (Å²) < 4.78 is 16.9. The third-order valence-electron chi connectivity index (χ3n) is 7.06. The molecule has 1 aliphatic heterocycles. The first-order valence-electron chi connectivity index (χ1n) is 15.1. The maximum absolute atomic E-state index is 13.9. The number of likely N-dealkylation sites (N-methyl/N-ethyl adjacent to an activating group) is 1. The predicted molar refractivity (Wildman–Crippen MR) is 181 cm³/mol. The number of hydrogen-bond donors (Lipinski definition) is 1. The molecular weight excluding hydrogens is 622 g/mol. The Kier molecular flexibility index (Phi) is 11.7. The van der Waals surface area contributed by atoms with Crippen LogP contribution in [0, 0.1) is 0 Å². The number of rotatable bonds is 12. The van der Waals surface area contributed by atoms with E-state index in [1.807, 2.05) is 30.3 Å². The highest BCUT2D eigenvalue weighted by Gasteiger charge is 2.29. The highest BCUT2D eigenvalue weighted by molar-refractivity contribution is 6.32. The molecule has 1 heterocycles. The number of allylic oxidation sites excluding steroid dienone is 1. The van der Waals surface area contributed by atoms with Gasteiger partial charge < -0.3 is 19.5 Å². The van der Waals surface area contributed by atoms with Gasteiger partial charge in [0.1, 0.15) is 24.0 Å². The molecule has 4 rings (SSSR count). The molecule has 1 aliphatic rings. The number of ether oxygens (including phenoxy) is 3. The number of amides is 1. The first-order chi connectivity index (χ1) is 22.3. The standard InChI is InChI=1S/C36H38ClN3O7/c1-23(42)29-16-13-26(37)20-31(29)30(17-18-41)34(46-28-21-45-22-28)39-40(5)32(19-24-9-7-6-8-10-24)33(43)38-27-14-11-25(12-15-27)35(44)47-36(2,3)4/h6-18,20,28,32H,19,21-22H2,1-5H3,(H,38,43)/b30-17-,39-34+. The summed E-state index contributed by atoms with van der Waals surface area (Å²) in [7, 11) is 1.63. The number of anilines is 1. The van der Waals surface area contributed by atoms with Crippen LogP contribution in [0.5, 0.6) is 0 Å². The summed E-state index contributed by atoms with van der Waals surface area (Å²) in [5.74, 6) is -1.08. The summed E-state index contributed by atoms with van der Waals surface area (Å²) in [6, 6.07) is 19.7. The van der Waals surface area contributed by atoms with Crippen molar-refractivity contribution in [3.8, 4) is 0 Å². The van der Waals surface area contributed by atoms with Gasteiger partial charge in [-0.2, -0.15) is 0 Å². The molecule has 1 saturated heterocycles. The normalized spacial score (nSPS) is 14.4. The van der Waals surface area contributed by atoms with Crippen LogP contribution in [0.2, 0.25) is 5.02 Å². The molecule has 47 heavy (non-hydrogen) atoms. The smallest absolute Gasteiger partial charge is 0.338 e. The van der Waals surface area contributed by atoms with Gasteiger partial charge in [-0.05, 0) is 87.4 Å². The van der Waals surface area contributed by atoms with Gasteiger partial charge in [-0.15, -0.1) is 5.10 Å². The van der Waals surface area contributed by atoms with Gasteiger partial charge in [0.05, 0.1) is 18.8 Å². The molecule has 0 radical (unpaired) electrons. The number of ketones is 1. The van der Waals surface area contributed by atoms with Crippen molar-refractivity contribution in [3.63, 3.8) is 0 Å². The van der Waals surface area contributed by atoms with Crippen LogP contribution in [0.15, 0.2) is 84.0 Å². The van der Waals surface area contributed by atoms with Crippen molar-refractivity contribution < 1.29 is 33.4 Å². The molecule has 3 aromatic rings. The number of hydrazone groups is 1. The molecule has 0 aliphatic carbocycles. The maximum atomic E-state index is 13.9. The average Bonchev–Trinajstić information content (AvgIpc) is 2.99. The predicted octanol–water partition coefficient (Wildman–Crippen LogP) is 5.99. The Morgan fingerprint density at radius 3 is 2.30 bits per heavy atom. The number of hydrogen-bond acceptors (Lipinski definition) is 9. The van der Waals surface area contributed by atoms with Gasteiger partial charge in [-0.3, -0.25) is 19.4 Å². The van der Waals surface area contributed by atoms with E-state index < -0.39 is 17.6 Å². The third-order valence-corrected chi connectivity index (χ3v) is 7.30. The molecule has 1 N–H and O–H groups in total. The Bertz CT molecular complexity index is 1660. The molecule has 3 aromatic carbocycles. The van der Waals surface area contributed by atoms with E-state index in [2.05, 4.69) is 5.32 Å². The Hall–Kier alpha value is -4.80. The number of aldehydes is 1. The quantitative estimate of drug-likeness (QED) is 0.0478. The molecule has 10 nitrogen and oxygen atoms in total. The van der Waals surface area contributed by atoms with Crippen LogP contribution in [0.1, 0.15) is 59.5 Å². The molecule has 11 heteroatoms. The van der Waals surface area contributed by atoms with Crippen LogP contribution >= 0.6 is 11.6 Å². The second-order valence-electron chi connectivity index (χ2n) is 12.0. The fraction of sp³-hybridized carbons (Fsp3) is 0.306. The lowest BCUT2D eigenvalue weighted by Gasteiger charge is -2.30. The fourth-order valence-corrected chi connectivity index (χ4v) is 4.84. The number of nitrogens with zero attached hydrogens (tertiary/aromatic N) is 2. The molecule has 0 spiro atoms. The molecular formula is C36H38ClN3O7. The largest absolute Gasteiger partial charge is 0.468 e. The number of carbonyl (C=O) groups is 4. The molecule has 0 saturated carbocycles. The van der Waals surface area contributed by atoms with E-state index in [1.54, 1.807) is 70.3 Å². The van der Waals surface area contributed by atoms with E-state index in [1.165, 1.54) is 18.0 Å². The van der Waals surface area contributed by atoms with Crippen molar-refractivity contribution in [2.24, 2.45) is 5.10 Å². The molecule has 246 valence electrons. The van der Waals surface area contributed by atoms with Crippen molar-refractivity contribution in [1.82, 2.24) is 5.01 Å².